The molecule has 1 aromatic carbocycles. The van der Waals surface area contributed by atoms with E-state index < -0.39 is 24.1 Å². The summed E-state index contributed by atoms with van der Waals surface area (Å²) < 4.78 is 14.5. The van der Waals surface area contributed by atoms with Gasteiger partial charge < -0.3 is 14.2 Å². The molecule has 0 radical (unpaired) electrons. The minimum atomic E-state index is -1.12. The molecule has 1 N–H and O–H groups in total. The van der Waals surface area contributed by atoms with Gasteiger partial charge in [0.15, 0.2) is 6.10 Å². The van der Waals surface area contributed by atoms with Gasteiger partial charge in [0.25, 0.3) is 5.91 Å². The Kier molecular flexibility index (Phi) is 7.32. The number of nitrogens with one attached hydrogen (secondary N) is 1. The number of hydrogen-bond acceptors (Lipinski definition) is 6. The number of alkyl carbamates (subject to hydrolysis) is 1. The highest BCUT2D eigenvalue weighted by molar-refractivity contribution is 5.96. The van der Waals surface area contributed by atoms with Gasteiger partial charge in [-0.25, -0.2) is 9.59 Å². The predicted molar refractivity (Wildman–Crippen MR) is 82.7 cm³/mol. The summed E-state index contributed by atoms with van der Waals surface area (Å²) in [5.74, 6) is -0.730. The number of benzene rings is 1. The zero-order valence-electron chi connectivity index (χ0n) is 13.2. The highest BCUT2D eigenvalue weighted by atomic mass is 16.6. The Morgan fingerprint density at radius 3 is 2.43 bits per heavy atom. The van der Waals surface area contributed by atoms with Gasteiger partial charge in [0.05, 0.1) is 13.7 Å². The van der Waals surface area contributed by atoms with Crippen molar-refractivity contribution in [3.05, 3.63) is 35.9 Å². The molecule has 7 heteroatoms. The SMILES string of the molecule is CCOc1ccc(/C=C/C(=O)O[C@@H](C)C(=O)NC(=O)OC)cc1. The van der Waals surface area contributed by atoms with Crippen LogP contribution in [0, 0.1) is 0 Å². The lowest BCUT2D eigenvalue weighted by Crippen LogP contribution is -2.39. The van der Waals surface area contributed by atoms with Gasteiger partial charge in [0.1, 0.15) is 5.75 Å². The molecule has 124 valence electrons. The average molecular weight is 321 g/mol. The Hall–Kier alpha value is -2.83. The number of methoxy groups -OCH3 is 1. The Bertz CT molecular complexity index is 579. The fourth-order valence-electron chi connectivity index (χ4n) is 1.53. The number of carbonyl (C=O) groups is 3. The van der Waals surface area contributed by atoms with Crippen LogP contribution in [0.4, 0.5) is 4.79 Å². The fourth-order valence-corrected chi connectivity index (χ4v) is 1.53. The fraction of sp³-hybridized carbons (Fsp3) is 0.312. The summed E-state index contributed by atoms with van der Waals surface area (Å²) in [5, 5.41) is 1.91. The van der Waals surface area contributed by atoms with E-state index >= 15 is 0 Å². The first-order valence-corrected chi connectivity index (χ1v) is 6.96. The van der Waals surface area contributed by atoms with E-state index in [1.54, 1.807) is 30.3 Å². The molecule has 0 saturated carbocycles. The number of carbonyl (C=O) groups excluding carboxylic acids is 3. The molecule has 0 fully saturated rings. The molecule has 0 aliphatic heterocycles. The van der Waals surface area contributed by atoms with Gasteiger partial charge in [0.2, 0.25) is 0 Å². The van der Waals surface area contributed by atoms with Crippen LogP contribution in [0.1, 0.15) is 19.4 Å². The smallest absolute Gasteiger partial charge is 0.413 e. The highest BCUT2D eigenvalue weighted by Gasteiger charge is 2.18. The summed E-state index contributed by atoms with van der Waals surface area (Å²) >= 11 is 0. The molecule has 0 bridgehead atoms. The van der Waals surface area contributed by atoms with Crippen molar-refractivity contribution in [3.63, 3.8) is 0 Å². The number of imide groups is 1. The third kappa shape index (κ3) is 6.64. The monoisotopic (exact) mass is 321 g/mol. The molecular formula is C16H19NO6. The van der Waals surface area contributed by atoms with Crippen LogP contribution in [0.3, 0.4) is 0 Å². The molecule has 0 saturated heterocycles. The Morgan fingerprint density at radius 2 is 1.87 bits per heavy atom. The average Bonchev–Trinajstić information content (AvgIpc) is 2.54. The van der Waals surface area contributed by atoms with Crippen LogP contribution in [0.25, 0.3) is 6.08 Å². The van der Waals surface area contributed by atoms with Gasteiger partial charge in [-0.2, -0.15) is 0 Å². The van der Waals surface area contributed by atoms with E-state index in [1.165, 1.54) is 13.0 Å². The van der Waals surface area contributed by atoms with Crippen LogP contribution < -0.4 is 10.1 Å². The van der Waals surface area contributed by atoms with E-state index in [-0.39, 0.29) is 0 Å². The molecule has 0 unspecified atom stereocenters. The lowest BCUT2D eigenvalue weighted by Gasteiger charge is -2.10. The van der Waals surface area contributed by atoms with Crippen LogP contribution in [-0.4, -0.2) is 37.8 Å². The van der Waals surface area contributed by atoms with Crippen LogP contribution in [0.2, 0.25) is 0 Å². The van der Waals surface area contributed by atoms with Gasteiger partial charge in [0, 0.05) is 6.08 Å². The van der Waals surface area contributed by atoms with Gasteiger partial charge in [-0.15, -0.1) is 0 Å². The van der Waals surface area contributed by atoms with Crippen molar-refractivity contribution in [2.24, 2.45) is 0 Å². The number of rotatable bonds is 6. The summed E-state index contributed by atoms with van der Waals surface area (Å²) in [6, 6.07) is 7.12. The third-order valence-electron chi connectivity index (χ3n) is 2.68. The summed E-state index contributed by atoms with van der Waals surface area (Å²) in [5.41, 5.74) is 0.775. The van der Waals surface area contributed by atoms with Crippen LogP contribution in [0.5, 0.6) is 5.75 Å². The zero-order valence-corrected chi connectivity index (χ0v) is 13.2. The first-order valence-electron chi connectivity index (χ1n) is 6.96. The topological polar surface area (TPSA) is 90.9 Å². The number of hydrogen-bond donors (Lipinski definition) is 1. The molecule has 2 amide bonds. The van der Waals surface area contributed by atoms with Crippen molar-refractivity contribution < 1.29 is 28.6 Å². The lowest BCUT2D eigenvalue weighted by atomic mass is 10.2. The minimum absolute atomic E-state index is 0.576. The molecule has 0 aliphatic carbocycles. The maximum absolute atomic E-state index is 11.6. The van der Waals surface area contributed by atoms with E-state index in [0.717, 1.165) is 18.4 Å². The largest absolute Gasteiger partial charge is 0.494 e. The van der Waals surface area contributed by atoms with Crippen LogP contribution in [0.15, 0.2) is 30.3 Å². The molecular weight excluding hydrogens is 302 g/mol. The normalized spacial score (nSPS) is 11.6. The molecule has 1 rings (SSSR count). The van der Waals surface area contributed by atoms with Crippen LogP contribution in [-0.2, 0) is 19.1 Å². The first kappa shape index (κ1) is 18.2. The maximum atomic E-state index is 11.6. The van der Waals surface area contributed by atoms with E-state index in [1.807, 2.05) is 12.2 Å². The molecule has 7 nitrogen and oxygen atoms in total. The van der Waals surface area contributed by atoms with Crippen molar-refractivity contribution in [1.29, 1.82) is 0 Å². The maximum Gasteiger partial charge on any atom is 0.413 e. The summed E-state index contributed by atoms with van der Waals surface area (Å²) in [6.45, 7) is 3.81. The standard InChI is InChI=1S/C16H19NO6/c1-4-22-13-8-5-12(6-9-13)7-10-14(18)23-11(2)15(19)17-16(20)21-3/h5-11H,4H2,1-3H3,(H,17,19,20)/b10-7+/t11-/m0/s1. The second kappa shape index (κ2) is 9.24. The third-order valence-corrected chi connectivity index (χ3v) is 2.68. The van der Waals surface area contributed by atoms with Crippen molar-refractivity contribution in [2.75, 3.05) is 13.7 Å². The van der Waals surface area contributed by atoms with Crippen LogP contribution >= 0.6 is 0 Å². The van der Waals surface area contributed by atoms with Gasteiger partial charge in [-0.05, 0) is 37.6 Å². The second-order valence-corrected chi connectivity index (χ2v) is 4.40. The molecule has 0 spiro atoms. The molecule has 0 heterocycles. The molecule has 0 aromatic heterocycles. The predicted octanol–water partition coefficient (Wildman–Crippen LogP) is 1.91. The van der Waals surface area contributed by atoms with Gasteiger partial charge in [-0.3, -0.25) is 10.1 Å². The molecule has 0 aliphatic rings. The van der Waals surface area contributed by atoms with Gasteiger partial charge >= 0.3 is 12.1 Å². The molecule has 1 atom stereocenters. The van der Waals surface area contributed by atoms with E-state index in [4.69, 9.17) is 9.47 Å². The van der Waals surface area contributed by atoms with Crippen molar-refractivity contribution in [2.45, 2.75) is 20.0 Å². The molecule has 23 heavy (non-hydrogen) atoms. The van der Waals surface area contributed by atoms with E-state index in [2.05, 4.69) is 4.74 Å². The van der Waals surface area contributed by atoms with Crippen molar-refractivity contribution in [3.8, 4) is 5.75 Å². The minimum Gasteiger partial charge on any atom is -0.494 e. The van der Waals surface area contributed by atoms with Crippen molar-refractivity contribution in [1.82, 2.24) is 5.32 Å². The Labute approximate surface area is 134 Å². The van der Waals surface area contributed by atoms with E-state index in [0.29, 0.717) is 6.61 Å². The first-order chi connectivity index (χ1) is 11.0. The quantitative estimate of drug-likeness (QED) is 0.636. The van der Waals surface area contributed by atoms with Gasteiger partial charge in [-0.1, -0.05) is 12.1 Å². The number of ether oxygens (including phenoxy) is 3. The summed E-state index contributed by atoms with van der Waals surface area (Å²) in [6.07, 6.45) is 0.704. The Morgan fingerprint density at radius 1 is 1.22 bits per heavy atom. The molecule has 1 aromatic rings. The number of esters is 1. The number of amides is 2. The lowest BCUT2D eigenvalue weighted by molar-refractivity contribution is -0.149. The van der Waals surface area contributed by atoms with Crippen molar-refractivity contribution >= 4 is 24.0 Å². The summed E-state index contributed by atoms with van der Waals surface area (Å²) in [4.78, 5) is 34.0. The van der Waals surface area contributed by atoms with E-state index in [9.17, 15) is 14.4 Å². The second-order valence-electron chi connectivity index (χ2n) is 4.40. The highest BCUT2D eigenvalue weighted by Crippen LogP contribution is 2.13. The zero-order chi connectivity index (χ0) is 17.2. The summed E-state index contributed by atoms with van der Waals surface area (Å²) in [7, 11) is 1.12. The Balaban J connectivity index is 2.51.